The molecule has 0 heterocycles. The maximum absolute atomic E-state index is 12.1. The SMILES string of the molecule is CCCCCC(C)(C)C(O)C=C[C@@H]1C(SCCCCCC(=O)OC)=C(OC(=O)CCC)C[C@H]1O. The predicted molar refractivity (Wildman–Crippen MR) is 138 cm³/mol. The topological polar surface area (TPSA) is 93.1 Å². The molecule has 196 valence electrons. The molecular weight excluding hydrogens is 452 g/mol. The summed E-state index contributed by atoms with van der Waals surface area (Å²) in [7, 11) is 1.40. The van der Waals surface area contributed by atoms with E-state index in [4.69, 9.17) is 4.74 Å². The largest absolute Gasteiger partial charge is 0.469 e. The summed E-state index contributed by atoms with van der Waals surface area (Å²) in [6.07, 6.45) is 11.0. The van der Waals surface area contributed by atoms with Gasteiger partial charge in [0, 0.05) is 30.1 Å². The Morgan fingerprint density at radius 1 is 1.09 bits per heavy atom. The van der Waals surface area contributed by atoms with Gasteiger partial charge in [-0.3, -0.25) is 9.59 Å². The zero-order valence-corrected chi connectivity index (χ0v) is 22.6. The number of methoxy groups -OCH3 is 1. The third kappa shape index (κ3) is 11.0. The van der Waals surface area contributed by atoms with Crippen molar-refractivity contribution in [1.82, 2.24) is 0 Å². The Labute approximate surface area is 210 Å². The Bertz CT molecular complexity index is 685. The van der Waals surface area contributed by atoms with Gasteiger partial charge in [0.2, 0.25) is 0 Å². The number of aliphatic hydroxyl groups is 2. The molecule has 3 atom stereocenters. The van der Waals surface area contributed by atoms with Gasteiger partial charge in [0.05, 0.1) is 19.3 Å². The predicted octanol–water partition coefficient (Wildman–Crippen LogP) is 5.91. The number of aliphatic hydroxyl groups excluding tert-OH is 2. The van der Waals surface area contributed by atoms with Crippen LogP contribution in [-0.2, 0) is 19.1 Å². The van der Waals surface area contributed by atoms with Gasteiger partial charge in [-0.25, -0.2) is 0 Å². The van der Waals surface area contributed by atoms with Crippen LogP contribution < -0.4 is 0 Å². The van der Waals surface area contributed by atoms with Gasteiger partial charge in [0.1, 0.15) is 5.76 Å². The lowest BCUT2D eigenvalue weighted by molar-refractivity contribution is -0.141. The molecule has 6 nitrogen and oxygen atoms in total. The normalized spacial score (nSPS) is 19.6. The quantitative estimate of drug-likeness (QED) is 0.146. The lowest BCUT2D eigenvalue weighted by Crippen LogP contribution is -2.28. The summed E-state index contributed by atoms with van der Waals surface area (Å²) in [5.74, 6) is 0.582. The highest BCUT2D eigenvalue weighted by molar-refractivity contribution is 8.03. The number of unbranched alkanes of at least 4 members (excludes halogenated alkanes) is 4. The van der Waals surface area contributed by atoms with Crippen molar-refractivity contribution in [3.8, 4) is 0 Å². The van der Waals surface area contributed by atoms with Crippen molar-refractivity contribution in [1.29, 1.82) is 0 Å². The molecule has 0 aromatic heterocycles. The first-order valence-electron chi connectivity index (χ1n) is 12.8. The lowest BCUT2D eigenvalue weighted by atomic mass is 9.81. The zero-order valence-electron chi connectivity index (χ0n) is 21.8. The van der Waals surface area contributed by atoms with Crippen LogP contribution in [0.25, 0.3) is 0 Å². The van der Waals surface area contributed by atoms with Crippen molar-refractivity contribution in [2.24, 2.45) is 11.3 Å². The molecule has 0 saturated carbocycles. The summed E-state index contributed by atoms with van der Waals surface area (Å²) in [5, 5.41) is 21.6. The third-order valence-corrected chi connectivity index (χ3v) is 7.62. The maximum Gasteiger partial charge on any atom is 0.310 e. The molecule has 34 heavy (non-hydrogen) atoms. The number of carbonyl (C=O) groups excluding carboxylic acids is 2. The van der Waals surface area contributed by atoms with Crippen molar-refractivity contribution < 1.29 is 29.3 Å². The second-order valence-corrected chi connectivity index (χ2v) is 11.0. The Kier molecular flexibility index (Phi) is 14.8. The Balaban J connectivity index is 2.85. The molecule has 1 unspecified atom stereocenters. The van der Waals surface area contributed by atoms with Crippen molar-refractivity contribution in [3.63, 3.8) is 0 Å². The molecule has 0 amide bonds. The lowest BCUT2D eigenvalue weighted by Gasteiger charge is -2.29. The van der Waals surface area contributed by atoms with E-state index in [9.17, 15) is 19.8 Å². The van der Waals surface area contributed by atoms with Crippen molar-refractivity contribution in [3.05, 3.63) is 22.8 Å². The first kappa shape index (κ1) is 30.7. The second kappa shape index (κ2) is 16.4. The van der Waals surface area contributed by atoms with E-state index in [2.05, 4.69) is 25.5 Å². The van der Waals surface area contributed by atoms with Gasteiger partial charge in [-0.15, -0.1) is 11.8 Å². The van der Waals surface area contributed by atoms with Crippen LogP contribution in [-0.4, -0.2) is 47.2 Å². The molecule has 1 aliphatic rings. The minimum atomic E-state index is -0.682. The van der Waals surface area contributed by atoms with E-state index in [0.717, 1.165) is 55.6 Å². The molecule has 0 bridgehead atoms. The first-order chi connectivity index (χ1) is 16.2. The van der Waals surface area contributed by atoms with Crippen LogP contribution >= 0.6 is 11.8 Å². The number of hydrogen-bond donors (Lipinski definition) is 2. The number of thioether (sulfide) groups is 1. The van der Waals surface area contributed by atoms with Crippen LogP contribution in [0.2, 0.25) is 0 Å². The van der Waals surface area contributed by atoms with E-state index in [1.165, 1.54) is 7.11 Å². The summed E-state index contributed by atoms with van der Waals surface area (Å²) in [4.78, 5) is 24.3. The first-order valence-corrected chi connectivity index (χ1v) is 13.8. The summed E-state index contributed by atoms with van der Waals surface area (Å²) in [6.45, 7) is 8.24. The number of hydrogen-bond acceptors (Lipinski definition) is 7. The van der Waals surface area contributed by atoms with Crippen LogP contribution in [0.3, 0.4) is 0 Å². The molecule has 0 radical (unpaired) electrons. The van der Waals surface area contributed by atoms with Crippen LogP contribution in [0.1, 0.15) is 98.3 Å². The Hall–Kier alpha value is -1.31. The fraction of sp³-hybridized carbons (Fsp3) is 0.778. The minimum absolute atomic E-state index is 0.194. The van der Waals surface area contributed by atoms with E-state index in [0.29, 0.717) is 31.4 Å². The molecule has 0 saturated heterocycles. The summed E-state index contributed by atoms with van der Waals surface area (Å²) in [5.41, 5.74) is -0.248. The van der Waals surface area contributed by atoms with Gasteiger partial charge in [0.25, 0.3) is 0 Å². The Morgan fingerprint density at radius 2 is 1.82 bits per heavy atom. The summed E-state index contributed by atoms with van der Waals surface area (Å²) >= 11 is 1.60. The van der Waals surface area contributed by atoms with Crippen LogP contribution in [0.5, 0.6) is 0 Å². The molecule has 2 N–H and O–H groups in total. The van der Waals surface area contributed by atoms with E-state index in [-0.39, 0.29) is 23.3 Å². The second-order valence-electron chi connectivity index (χ2n) is 9.82. The molecule has 0 spiro atoms. The van der Waals surface area contributed by atoms with Crippen molar-refractivity contribution in [2.45, 2.75) is 111 Å². The number of carbonyl (C=O) groups is 2. The molecule has 1 aliphatic carbocycles. The van der Waals surface area contributed by atoms with Crippen LogP contribution in [0.15, 0.2) is 22.8 Å². The third-order valence-electron chi connectivity index (χ3n) is 6.31. The van der Waals surface area contributed by atoms with E-state index >= 15 is 0 Å². The van der Waals surface area contributed by atoms with Gasteiger partial charge in [-0.05, 0) is 36.9 Å². The zero-order chi connectivity index (χ0) is 25.6. The monoisotopic (exact) mass is 498 g/mol. The van der Waals surface area contributed by atoms with E-state index < -0.39 is 12.2 Å². The number of rotatable bonds is 17. The van der Waals surface area contributed by atoms with Crippen molar-refractivity contribution >= 4 is 23.7 Å². The van der Waals surface area contributed by atoms with E-state index in [1.807, 2.05) is 13.0 Å². The van der Waals surface area contributed by atoms with Gasteiger partial charge in [-0.2, -0.15) is 0 Å². The average molecular weight is 499 g/mol. The summed E-state index contributed by atoms with van der Waals surface area (Å²) < 4.78 is 10.3. The van der Waals surface area contributed by atoms with Gasteiger partial charge in [-0.1, -0.05) is 65.5 Å². The van der Waals surface area contributed by atoms with Crippen molar-refractivity contribution in [2.75, 3.05) is 12.9 Å². The number of esters is 2. The molecule has 0 aromatic rings. The Morgan fingerprint density at radius 3 is 2.47 bits per heavy atom. The highest BCUT2D eigenvalue weighted by atomic mass is 32.2. The smallest absolute Gasteiger partial charge is 0.310 e. The highest BCUT2D eigenvalue weighted by Gasteiger charge is 2.35. The van der Waals surface area contributed by atoms with Gasteiger partial charge < -0.3 is 19.7 Å². The van der Waals surface area contributed by atoms with Gasteiger partial charge >= 0.3 is 11.9 Å². The average Bonchev–Trinajstić information content (AvgIpc) is 3.07. The molecule has 0 aromatic carbocycles. The molecule has 0 fully saturated rings. The number of ether oxygens (including phenoxy) is 2. The molecule has 0 aliphatic heterocycles. The van der Waals surface area contributed by atoms with Crippen LogP contribution in [0, 0.1) is 11.3 Å². The van der Waals surface area contributed by atoms with Gasteiger partial charge in [0.15, 0.2) is 0 Å². The maximum atomic E-state index is 12.1. The minimum Gasteiger partial charge on any atom is -0.469 e. The fourth-order valence-corrected chi connectivity index (χ4v) is 5.23. The molecular formula is C27H46O6S. The molecule has 7 heteroatoms. The fourth-order valence-electron chi connectivity index (χ4n) is 3.95. The van der Waals surface area contributed by atoms with E-state index in [1.54, 1.807) is 17.8 Å². The summed E-state index contributed by atoms with van der Waals surface area (Å²) in [6, 6.07) is 0. The standard InChI is InChI=1S/C27H46O6S/c1-6-8-11-17-27(3,4)23(29)16-15-20-21(28)19-22(33-25(31)13-7-2)26(20)34-18-12-9-10-14-24(30)32-5/h15-16,20-21,23,28-29H,6-14,17-19H2,1-5H3/t20-,21+,23?/m0/s1. The van der Waals surface area contributed by atoms with Crippen LogP contribution in [0.4, 0.5) is 0 Å². The molecule has 1 rings (SSSR count). The highest BCUT2D eigenvalue weighted by Crippen LogP contribution is 2.42.